The number of likely N-dealkylation sites (N-methyl/N-ethyl adjacent to an activating group) is 1. The first-order valence-corrected chi connectivity index (χ1v) is 11.7. The number of hydrogen-bond donors (Lipinski definition) is 4. The van der Waals surface area contributed by atoms with Gasteiger partial charge in [0, 0.05) is 36.3 Å². The fourth-order valence-electron chi connectivity index (χ4n) is 4.11. The molecule has 0 saturated heterocycles. The highest BCUT2D eigenvalue weighted by molar-refractivity contribution is 6.04. The molecule has 36 heavy (non-hydrogen) atoms. The van der Waals surface area contributed by atoms with Crippen molar-refractivity contribution in [3.05, 3.63) is 54.7 Å². The van der Waals surface area contributed by atoms with Crippen LogP contribution < -0.4 is 14.9 Å². The van der Waals surface area contributed by atoms with E-state index in [1.807, 2.05) is 19.0 Å². The van der Waals surface area contributed by atoms with Crippen LogP contribution in [0.15, 0.2) is 54.7 Å². The van der Waals surface area contributed by atoms with Crippen LogP contribution in [-0.4, -0.2) is 63.2 Å². The van der Waals surface area contributed by atoms with E-state index in [9.17, 15) is 25.4 Å². The van der Waals surface area contributed by atoms with E-state index in [1.165, 1.54) is 36.5 Å². The zero-order valence-corrected chi connectivity index (χ0v) is 20.2. The molecular formula is C26H30N4O6. The summed E-state index contributed by atoms with van der Waals surface area (Å²) in [7, 11) is 3.73. The first-order chi connectivity index (χ1) is 17.2. The normalized spacial score (nSPS) is 14.1. The average molecular weight is 495 g/mol. The van der Waals surface area contributed by atoms with Gasteiger partial charge in [-0.1, -0.05) is 6.08 Å². The molecule has 0 bridgehead atoms. The van der Waals surface area contributed by atoms with Crippen molar-refractivity contribution in [1.82, 2.24) is 9.88 Å². The van der Waals surface area contributed by atoms with Crippen LogP contribution in [0.4, 0.5) is 17.1 Å². The summed E-state index contributed by atoms with van der Waals surface area (Å²) in [6.07, 6.45) is 8.24. The van der Waals surface area contributed by atoms with Crippen molar-refractivity contribution in [3.63, 3.8) is 0 Å². The van der Waals surface area contributed by atoms with E-state index in [0.717, 1.165) is 30.7 Å². The first-order valence-electron chi connectivity index (χ1n) is 11.7. The molecule has 1 aliphatic rings. The molecule has 0 aliphatic heterocycles. The van der Waals surface area contributed by atoms with E-state index in [0.29, 0.717) is 28.3 Å². The number of ether oxygens (including phenoxy) is 1. The predicted molar refractivity (Wildman–Crippen MR) is 135 cm³/mol. The van der Waals surface area contributed by atoms with Gasteiger partial charge in [-0.2, -0.15) is 5.06 Å². The molecule has 4 rings (SSSR count). The van der Waals surface area contributed by atoms with Gasteiger partial charge in [-0.05, 0) is 64.0 Å². The van der Waals surface area contributed by atoms with Crippen molar-refractivity contribution in [3.8, 4) is 17.2 Å². The molecule has 4 N–H and O–H groups in total. The van der Waals surface area contributed by atoms with Gasteiger partial charge in [0.05, 0.1) is 23.0 Å². The highest BCUT2D eigenvalue weighted by atomic mass is 16.5. The minimum Gasteiger partial charge on any atom is -0.504 e. The van der Waals surface area contributed by atoms with Crippen molar-refractivity contribution in [2.45, 2.75) is 31.8 Å². The number of carbonyl (C=O) groups excluding carboxylic acids is 1. The fourth-order valence-corrected chi connectivity index (χ4v) is 4.11. The van der Waals surface area contributed by atoms with Crippen LogP contribution in [0.1, 0.15) is 25.7 Å². The molecule has 1 fully saturated rings. The number of phenols is 2. The molecule has 0 atom stereocenters. The average Bonchev–Trinajstić information content (AvgIpc) is 3.37. The second-order valence-electron chi connectivity index (χ2n) is 8.99. The molecule has 1 saturated carbocycles. The molecule has 3 aromatic rings. The van der Waals surface area contributed by atoms with Crippen LogP contribution in [-0.2, 0) is 4.79 Å². The standard InChI is InChI=1S/C26H30N4O6/c1-28(2)13-5-8-26(33)30(35)22-15-19-20(16-25(22)36-18-6-3-4-7-18)27-12-11-21(19)29(34)17-9-10-23(31)24(32)14-17/h5,8-12,14-16,18,31-32,34-35H,3-4,6-7,13H2,1-2H3/b8-5+. The minimum atomic E-state index is -0.651. The molecule has 1 heterocycles. The molecule has 1 amide bonds. The Kier molecular flexibility index (Phi) is 7.58. The van der Waals surface area contributed by atoms with Gasteiger partial charge in [0.1, 0.15) is 11.4 Å². The van der Waals surface area contributed by atoms with Gasteiger partial charge >= 0.3 is 0 Å². The highest BCUT2D eigenvalue weighted by Gasteiger charge is 2.24. The number of hydrogen-bond acceptors (Lipinski definition) is 9. The second kappa shape index (κ2) is 10.8. The molecule has 1 aliphatic carbocycles. The number of rotatable bonds is 8. The number of aromatic hydroxyl groups is 2. The molecule has 0 unspecified atom stereocenters. The van der Waals surface area contributed by atoms with Gasteiger partial charge in [0.15, 0.2) is 11.5 Å². The molecule has 0 spiro atoms. The van der Waals surface area contributed by atoms with Crippen LogP contribution in [0, 0.1) is 0 Å². The number of nitrogens with zero attached hydrogens (tertiary/aromatic N) is 4. The lowest BCUT2D eigenvalue weighted by Gasteiger charge is -2.23. The monoisotopic (exact) mass is 494 g/mol. The van der Waals surface area contributed by atoms with Crippen LogP contribution >= 0.6 is 0 Å². The lowest BCUT2D eigenvalue weighted by Crippen LogP contribution is -2.26. The van der Waals surface area contributed by atoms with Gasteiger partial charge in [-0.15, -0.1) is 0 Å². The van der Waals surface area contributed by atoms with Crippen LogP contribution in [0.25, 0.3) is 10.9 Å². The zero-order valence-electron chi connectivity index (χ0n) is 20.2. The molecule has 2 aromatic carbocycles. The van der Waals surface area contributed by atoms with Crippen LogP contribution in [0.2, 0.25) is 0 Å². The number of pyridine rings is 1. The van der Waals surface area contributed by atoms with Crippen molar-refractivity contribution < 1.29 is 30.2 Å². The first kappa shape index (κ1) is 25.2. The zero-order chi connectivity index (χ0) is 25.8. The second-order valence-corrected chi connectivity index (χ2v) is 8.99. The number of benzene rings is 2. The summed E-state index contributed by atoms with van der Waals surface area (Å²) in [4.78, 5) is 19.0. The molecule has 0 radical (unpaired) electrons. The lowest BCUT2D eigenvalue weighted by atomic mass is 10.1. The number of hydroxylamine groups is 1. The molecule has 10 nitrogen and oxygen atoms in total. The van der Waals surface area contributed by atoms with Crippen molar-refractivity contribution in [2.24, 2.45) is 0 Å². The summed E-state index contributed by atoms with van der Waals surface area (Å²) in [5, 5.41) is 43.0. The summed E-state index contributed by atoms with van der Waals surface area (Å²) in [5.74, 6) is -1.06. The summed E-state index contributed by atoms with van der Waals surface area (Å²) < 4.78 is 6.18. The van der Waals surface area contributed by atoms with Gasteiger partial charge in [0.25, 0.3) is 5.91 Å². The van der Waals surface area contributed by atoms with E-state index in [-0.39, 0.29) is 28.9 Å². The lowest BCUT2D eigenvalue weighted by molar-refractivity contribution is -0.119. The Bertz CT molecular complexity index is 1270. The third kappa shape index (κ3) is 5.51. The summed E-state index contributed by atoms with van der Waals surface area (Å²) in [6.45, 7) is 0.524. The number of phenolic OH excluding ortho intramolecular Hbond substituents is 2. The van der Waals surface area contributed by atoms with E-state index in [4.69, 9.17) is 4.74 Å². The molecular weight excluding hydrogens is 464 g/mol. The van der Waals surface area contributed by atoms with Gasteiger partial charge in [-0.25, -0.2) is 5.06 Å². The Balaban J connectivity index is 1.78. The largest absolute Gasteiger partial charge is 0.504 e. The number of amides is 1. The van der Waals surface area contributed by atoms with E-state index in [2.05, 4.69) is 4.98 Å². The number of anilines is 3. The van der Waals surface area contributed by atoms with Crippen molar-refractivity contribution >= 4 is 33.9 Å². The van der Waals surface area contributed by atoms with Gasteiger partial charge < -0.3 is 19.8 Å². The van der Waals surface area contributed by atoms with E-state index >= 15 is 0 Å². The van der Waals surface area contributed by atoms with E-state index < -0.39 is 11.7 Å². The predicted octanol–water partition coefficient (Wildman–Crippen LogP) is 4.33. The SMILES string of the molecule is CN(C)C/C=C/C(=O)N(O)c1cc2c(N(O)c3ccc(O)c(O)c3)ccnc2cc1OC1CCCC1. The third-order valence-corrected chi connectivity index (χ3v) is 5.99. The number of fused-ring (bicyclic) bond motifs is 1. The highest BCUT2D eigenvalue weighted by Crippen LogP contribution is 2.40. The quantitative estimate of drug-likeness (QED) is 0.156. The Morgan fingerprint density at radius 1 is 1.06 bits per heavy atom. The summed E-state index contributed by atoms with van der Waals surface area (Å²) >= 11 is 0. The van der Waals surface area contributed by atoms with Gasteiger partial charge in [0.2, 0.25) is 0 Å². The topological polar surface area (TPSA) is 130 Å². The van der Waals surface area contributed by atoms with Crippen LogP contribution in [0.3, 0.4) is 0 Å². The van der Waals surface area contributed by atoms with Crippen LogP contribution in [0.5, 0.6) is 17.2 Å². The Hall–Kier alpha value is -3.86. The maximum atomic E-state index is 12.7. The van der Waals surface area contributed by atoms with E-state index in [1.54, 1.807) is 18.2 Å². The molecule has 190 valence electrons. The maximum Gasteiger partial charge on any atom is 0.274 e. The molecule has 10 heteroatoms. The summed E-state index contributed by atoms with van der Waals surface area (Å²) in [6, 6.07) is 8.60. The minimum absolute atomic E-state index is 0.0357. The van der Waals surface area contributed by atoms with Gasteiger partial charge in [-0.3, -0.25) is 20.2 Å². The van der Waals surface area contributed by atoms with Crippen molar-refractivity contribution in [1.29, 1.82) is 0 Å². The summed E-state index contributed by atoms with van der Waals surface area (Å²) in [5.41, 5.74) is 1.05. The third-order valence-electron chi connectivity index (χ3n) is 5.99. The number of carbonyl (C=O) groups is 1. The maximum absolute atomic E-state index is 12.7. The Morgan fingerprint density at radius 3 is 2.50 bits per heavy atom. The number of aromatic nitrogens is 1. The Morgan fingerprint density at radius 2 is 1.81 bits per heavy atom. The smallest absolute Gasteiger partial charge is 0.274 e. The fraction of sp³-hybridized carbons (Fsp3) is 0.308. The Labute approximate surface area is 208 Å². The molecule has 1 aromatic heterocycles. The van der Waals surface area contributed by atoms with Crippen molar-refractivity contribution in [2.75, 3.05) is 30.8 Å².